The zero-order valence-corrected chi connectivity index (χ0v) is 12.5. The summed E-state index contributed by atoms with van der Waals surface area (Å²) in [4.78, 5) is 11.9. The number of hydrogen-bond donors (Lipinski definition) is 2. The second-order valence-corrected chi connectivity index (χ2v) is 6.33. The van der Waals surface area contributed by atoms with Crippen molar-refractivity contribution in [2.45, 2.75) is 71.9 Å². The van der Waals surface area contributed by atoms with Crippen molar-refractivity contribution >= 4 is 5.91 Å². The van der Waals surface area contributed by atoms with Crippen LogP contribution in [0.25, 0.3) is 0 Å². The Morgan fingerprint density at radius 2 is 2.00 bits per heavy atom. The highest BCUT2D eigenvalue weighted by Gasteiger charge is 2.22. The van der Waals surface area contributed by atoms with E-state index < -0.39 is 0 Å². The molecule has 1 aliphatic carbocycles. The van der Waals surface area contributed by atoms with E-state index in [1.54, 1.807) is 0 Å². The van der Waals surface area contributed by atoms with Gasteiger partial charge in [-0.3, -0.25) is 4.79 Å². The van der Waals surface area contributed by atoms with Crippen LogP contribution in [0, 0.1) is 11.8 Å². The summed E-state index contributed by atoms with van der Waals surface area (Å²) in [7, 11) is 0. The number of carbonyl (C=O) groups excluding carboxylic acids is 1. The lowest BCUT2D eigenvalue weighted by molar-refractivity contribution is -0.123. The zero-order valence-electron chi connectivity index (χ0n) is 12.5. The van der Waals surface area contributed by atoms with Crippen molar-refractivity contribution in [2.24, 2.45) is 11.8 Å². The normalized spacial score (nSPS) is 26.1. The predicted molar refractivity (Wildman–Crippen MR) is 76.5 cm³/mol. The van der Waals surface area contributed by atoms with Gasteiger partial charge in [0.05, 0.1) is 6.04 Å². The minimum atomic E-state index is -0.0625. The number of nitrogens with one attached hydrogen (secondary N) is 2. The number of hydrogen-bond acceptors (Lipinski definition) is 2. The Labute approximate surface area is 112 Å². The highest BCUT2D eigenvalue weighted by atomic mass is 16.2. The summed E-state index contributed by atoms with van der Waals surface area (Å²) in [6, 6.07) is 0.465. The fraction of sp³-hybridized carbons (Fsp3) is 0.933. The van der Waals surface area contributed by atoms with Crippen molar-refractivity contribution in [1.82, 2.24) is 10.6 Å². The molecule has 0 heterocycles. The monoisotopic (exact) mass is 254 g/mol. The van der Waals surface area contributed by atoms with Gasteiger partial charge in [0.2, 0.25) is 5.91 Å². The van der Waals surface area contributed by atoms with Crippen LogP contribution in [-0.4, -0.2) is 24.5 Å². The van der Waals surface area contributed by atoms with Crippen molar-refractivity contribution < 1.29 is 4.79 Å². The fourth-order valence-corrected chi connectivity index (χ4v) is 2.65. The molecule has 1 saturated carbocycles. The highest BCUT2D eigenvalue weighted by Crippen LogP contribution is 2.23. The molecule has 1 rings (SSSR count). The molecule has 2 N–H and O–H groups in total. The molecule has 0 radical (unpaired) electrons. The molecular formula is C15H30N2O. The molecule has 3 heteroatoms. The summed E-state index contributed by atoms with van der Waals surface area (Å²) >= 11 is 0. The van der Waals surface area contributed by atoms with Gasteiger partial charge in [-0.05, 0) is 38.0 Å². The Morgan fingerprint density at radius 3 is 2.61 bits per heavy atom. The third-order valence-electron chi connectivity index (χ3n) is 3.84. The molecule has 3 nitrogen and oxygen atoms in total. The van der Waals surface area contributed by atoms with Crippen LogP contribution < -0.4 is 10.6 Å². The first kappa shape index (κ1) is 15.5. The van der Waals surface area contributed by atoms with Crippen LogP contribution in [0.2, 0.25) is 0 Å². The lowest BCUT2D eigenvalue weighted by Crippen LogP contribution is -2.48. The molecule has 0 aromatic carbocycles. The van der Waals surface area contributed by atoms with E-state index in [-0.39, 0.29) is 11.9 Å². The minimum Gasteiger partial charge on any atom is -0.355 e. The molecule has 0 aromatic heterocycles. The van der Waals surface area contributed by atoms with Gasteiger partial charge in [0, 0.05) is 12.6 Å². The third kappa shape index (κ3) is 5.85. The predicted octanol–water partition coefficient (Wildman–Crippen LogP) is 2.71. The molecule has 0 aliphatic heterocycles. The van der Waals surface area contributed by atoms with Crippen LogP contribution in [-0.2, 0) is 4.79 Å². The van der Waals surface area contributed by atoms with Crippen molar-refractivity contribution in [1.29, 1.82) is 0 Å². The molecule has 106 valence electrons. The van der Waals surface area contributed by atoms with Crippen LogP contribution in [0.5, 0.6) is 0 Å². The fourth-order valence-electron chi connectivity index (χ4n) is 2.65. The lowest BCUT2D eigenvalue weighted by Gasteiger charge is -2.29. The maximum atomic E-state index is 11.9. The molecule has 0 bridgehead atoms. The van der Waals surface area contributed by atoms with Crippen molar-refractivity contribution in [3.05, 3.63) is 0 Å². The van der Waals surface area contributed by atoms with E-state index in [4.69, 9.17) is 0 Å². The van der Waals surface area contributed by atoms with Crippen LogP contribution in [0.3, 0.4) is 0 Å². The Kier molecular flexibility index (Phi) is 6.69. The van der Waals surface area contributed by atoms with Crippen molar-refractivity contribution in [3.63, 3.8) is 0 Å². The maximum Gasteiger partial charge on any atom is 0.236 e. The standard InChI is InChI=1S/C15H30N2O/c1-11(2)8-9-16-15(18)13(4)17-14-7-5-6-12(3)10-14/h11-14,17H,5-10H2,1-4H3,(H,16,18). The largest absolute Gasteiger partial charge is 0.355 e. The molecule has 3 unspecified atom stereocenters. The smallest absolute Gasteiger partial charge is 0.236 e. The maximum absolute atomic E-state index is 11.9. The van der Waals surface area contributed by atoms with E-state index in [0.29, 0.717) is 12.0 Å². The van der Waals surface area contributed by atoms with Crippen LogP contribution >= 0.6 is 0 Å². The molecular weight excluding hydrogens is 224 g/mol. The van der Waals surface area contributed by atoms with Crippen LogP contribution in [0.15, 0.2) is 0 Å². The van der Waals surface area contributed by atoms with E-state index in [2.05, 4.69) is 31.4 Å². The van der Waals surface area contributed by atoms with Gasteiger partial charge >= 0.3 is 0 Å². The molecule has 1 fully saturated rings. The summed E-state index contributed by atoms with van der Waals surface area (Å²) in [5.74, 6) is 1.59. The highest BCUT2D eigenvalue weighted by molar-refractivity contribution is 5.81. The summed E-state index contributed by atoms with van der Waals surface area (Å²) in [6.45, 7) is 9.43. The average molecular weight is 254 g/mol. The Hall–Kier alpha value is -0.570. The average Bonchev–Trinajstić information content (AvgIpc) is 2.28. The van der Waals surface area contributed by atoms with E-state index >= 15 is 0 Å². The zero-order chi connectivity index (χ0) is 13.5. The molecule has 0 aromatic rings. The molecule has 18 heavy (non-hydrogen) atoms. The van der Waals surface area contributed by atoms with Gasteiger partial charge in [-0.1, -0.05) is 33.6 Å². The van der Waals surface area contributed by atoms with Gasteiger partial charge in [-0.25, -0.2) is 0 Å². The topological polar surface area (TPSA) is 41.1 Å². The third-order valence-corrected chi connectivity index (χ3v) is 3.84. The molecule has 1 aliphatic rings. The summed E-state index contributed by atoms with van der Waals surface area (Å²) in [6.07, 6.45) is 6.12. The van der Waals surface area contributed by atoms with E-state index in [1.165, 1.54) is 25.7 Å². The molecule has 0 spiro atoms. The van der Waals surface area contributed by atoms with Gasteiger partial charge in [0.25, 0.3) is 0 Å². The quantitative estimate of drug-likeness (QED) is 0.765. The lowest BCUT2D eigenvalue weighted by atomic mass is 9.87. The van der Waals surface area contributed by atoms with Gasteiger partial charge in [0.1, 0.15) is 0 Å². The molecule has 0 saturated heterocycles. The second-order valence-electron chi connectivity index (χ2n) is 6.33. The first-order chi connectivity index (χ1) is 8.49. The minimum absolute atomic E-state index is 0.0625. The van der Waals surface area contributed by atoms with Crippen LogP contribution in [0.1, 0.15) is 59.8 Å². The van der Waals surface area contributed by atoms with Crippen LogP contribution in [0.4, 0.5) is 0 Å². The van der Waals surface area contributed by atoms with Gasteiger partial charge in [0.15, 0.2) is 0 Å². The first-order valence-electron chi connectivity index (χ1n) is 7.52. The summed E-state index contributed by atoms with van der Waals surface area (Å²) in [5.41, 5.74) is 0. The number of carbonyl (C=O) groups is 1. The van der Waals surface area contributed by atoms with E-state index in [9.17, 15) is 4.79 Å². The van der Waals surface area contributed by atoms with Crippen molar-refractivity contribution in [2.75, 3.05) is 6.54 Å². The molecule has 3 atom stereocenters. The van der Waals surface area contributed by atoms with E-state index in [1.807, 2.05) is 6.92 Å². The summed E-state index contributed by atoms with van der Waals surface area (Å²) < 4.78 is 0. The molecule has 1 amide bonds. The van der Waals surface area contributed by atoms with E-state index in [0.717, 1.165) is 18.9 Å². The Bertz CT molecular complexity index is 253. The number of amides is 1. The Balaban J connectivity index is 2.22. The summed E-state index contributed by atoms with van der Waals surface area (Å²) in [5, 5.41) is 6.49. The SMILES string of the molecule is CC(C)CCNC(=O)C(C)NC1CCCC(C)C1. The van der Waals surface area contributed by atoms with Gasteiger partial charge in [-0.15, -0.1) is 0 Å². The second kappa shape index (κ2) is 7.78. The Morgan fingerprint density at radius 1 is 1.28 bits per heavy atom. The van der Waals surface area contributed by atoms with Crippen molar-refractivity contribution in [3.8, 4) is 0 Å². The van der Waals surface area contributed by atoms with Gasteiger partial charge < -0.3 is 10.6 Å². The van der Waals surface area contributed by atoms with Gasteiger partial charge in [-0.2, -0.15) is 0 Å². The number of rotatable bonds is 6. The first-order valence-corrected chi connectivity index (χ1v) is 7.52.